The number of ether oxygens (including phenoxy) is 2. The van der Waals surface area contributed by atoms with Crippen molar-refractivity contribution in [2.75, 3.05) is 171 Å². The second-order valence-electron chi connectivity index (χ2n) is 32.9. The molecule has 6 aromatic rings. The minimum Gasteiger partial charge on any atom is -0.492 e. The Labute approximate surface area is 662 Å². The lowest BCUT2D eigenvalue weighted by molar-refractivity contribution is 0.0374. The number of rotatable bonds is 16. The Balaban J connectivity index is 0.000000116. The molecule has 1 amide bonds. The summed E-state index contributed by atoms with van der Waals surface area (Å²) in [7, 11) is 2.22. The SMILES string of the molecule is C(=C\c1cccc2c1CCNC2)/CN1CCCCC1.CN1CCN(Cc2cccc3c2CCNC3)CC1.O=C(c1cccc2c1CCNC2)N1CCCCC1.c1cc(CCCN2CCOCC2)c2c(c1)CNCC2.c1cc2c(c(CC3CCCCN3)c1)CCNC2.c1cc2c(c(OCCN3CCCCC3)c1)CCNC2. The summed E-state index contributed by atoms with van der Waals surface area (Å²) in [5.41, 5.74) is 24.9. The Morgan fingerprint density at radius 2 is 0.918 bits per heavy atom. The van der Waals surface area contributed by atoms with Gasteiger partial charge < -0.3 is 56.5 Å². The Kier molecular flexibility index (Phi) is 33.5. The number of amides is 1. The van der Waals surface area contributed by atoms with Crippen LogP contribution in [0.15, 0.2) is 115 Å². The number of hydrogen-bond donors (Lipinski definition) is 7. The van der Waals surface area contributed by atoms with Crippen LogP contribution in [0.4, 0.5) is 0 Å². The molecule has 1 atom stereocenters. The zero-order chi connectivity index (χ0) is 75.0. The molecule has 12 heterocycles. The van der Waals surface area contributed by atoms with Crippen LogP contribution in [0.2, 0.25) is 0 Å². The van der Waals surface area contributed by atoms with Crippen molar-refractivity contribution in [1.82, 2.24) is 66.6 Å². The van der Waals surface area contributed by atoms with E-state index < -0.39 is 0 Å². The fourth-order valence-electron chi connectivity index (χ4n) is 18.6. The number of likely N-dealkylation sites (N-methyl/N-ethyl adjacent to an activating group) is 1. The zero-order valence-electron chi connectivity index (χ0n) is 67.5. The second kappa shape index (κ2) is 45.0. The lowest BCUT2D eigenvalue weighted by atomic mass is 9.90. The second-order valence-corrected chi connectivity index (χ2v) is 32.9. The maximum Gasteiger partial charge on any atom is 0.254 e. The molecule has 110 heavy (non-hydrogen) atoms. The predicted octanol–water partition coefficient (Wildman–Crippen LogP) is 11.7. The van der Waals surface area contributed by atoms with Gasteiger partial charge in [-0.1, -0.05) is 128 Å². The normalized spacial score (nSPS) is 21.0. The van der Waals surface area contributed by atoms with E-state index in [-0.39, 0.29) is 5.91 Å². The van der Waals surface area contributed by atoms with E-state index in [4.69, 9.17) is 9.47 Å². The third kappa shape index (κ3) is 24.9. The van der Waals surface area contributed by atoms with Crippen molar-refractivity contribution in [3.63, 3.8) is 0 Å². The van der Waals surface area contributed by atoms with E-state index >= 15 is 0 Å². The first-order valence-electron chi connectivity index (χ1n) is 43.8. The first-order chi connectivity index (χ1) is 54.4. The van der Waals surface area contributed by atoms with Gasteiger partial charge in [0, 0.05) is 123 Å². The highest BCUT2D eigenvalue weighted by molar-refractivity contribution is 5.96. The summed E-state index contributed by atoms with van der Waals surface area (Å²) in [5.74, 6) is 1.35. The molecule has 596 valence electrons. The quantitative estimate of drug-likeness (QED) is 0.0494. The molecule has 7 N–H and O–H groups in total. The van der Waals surface area contributed by atoms with Crippen LogP contribution in [0, 0.1) is 0 Å². The minimum absolute atomic E-state index is 0.244. The van der Waals surface area contributed by atoms with Gasteiger partial charge in [0.2, 0.25) is 0 Å². The molecule has 0 aromatic heterocycles. The van der Waals surface area contributed by atoms with Crippen LogP contribution in [0.3, 0.4) is 0 Å². The number of nitrogens with zero attached hydrogens (tertiary/aromatic N) is 6. The summed E-state index contributed by atoms with van der Waals surface area (Å²) < 4.78 is 11.4. The Morgan fingerprint density at radius 3 is 1.53 bits per heavy atom. The molecular weight excluding hydrogens is 1360 g/mol. The van der Waals surface area contributed by atoms with Crippen LogP contribution in [0.25, 0.3) is 6.08 Å². The summed E-state index contributed by atoms with van der Waals surface area (Å²) in [6.07, 6.45) is 31.2. The molecule has 16 nitrogen and oxygen atoms in total. The largest absolute Gasteiger partial charge is 0.492 e. The summed E-state index contributed by atoms with van der Waals surface area (Å²) >= 11 is 0. The predicted molar refractivity (Wildman–Crippen MR) is 454 cm³/mol. The van der Waals surface area contributed by atoms with E-state index in [1.165, 1.54) is 225 Å². The maximum absolute atomic E-state index is 12.6. The third-order valence-corrected chi connectivity index (χ3v) is 25.1. The monoisotopic (exact) mass is 1500 g/mol. The molecule has 6 saturated heterocycles. The Bertz CT molecular complexity index is 3690. The lowest BCUT2D eigenvalue weighted by Gasteiger charge is -2.33. The standard InChI is InChI=1S/C17H24N2.2C16H24N2O.C15H23N3.C15H20N2O.C15H22N2/c1-2-11-19(12-3-1)13-5-8-15-6-4-7-16-14-18-10-9-17(15)16;1-3-14(16-6-7-17-13-15(16)4-1)5-2-8-18-9-11-19-12-10-18;1-2-9-18(10-3-1)11-12-19-16-6-4-5-14-13-17-8-7-15(14)16;1-17-7-9-18(10-8-17)12-14-4-2-3-13-11-16-6-5-15(13)14;18-15(17-9-2-1-3-10-17)14-6-4-5-12-11-16-8-7-13(12)14;1-2-8-17-14(6-1)10-12-4-3-5-13-11-16-9-7-15(12)13/h4-8,18H,1-3,9-14H2;1,3-4,17H,2,5-13H2;4-6,17H,1-3,7-13H2;2-4,16H,5-12H2,1H3;4-6,16H,1-3,7-11H2;3-5,14,16-17H,1-2,6-11H2/b8-5+;;;;;. The average Bonchev–Trinajstić information content (AvgIpc) is 0.819. The molecule has 0 radical (unpaired) electrons. The molecule has 12 aliphatic heterocycles. The Hall–Kier alpha value is -6.19. The van der Waals surface area contributed by atoms with Gasteiger partial charge >= 0.3 is 0 Å². The molecule has 16 heteroatoms. The molecule has 18 rings (SSSR count). The number of aryl methyl sites for hydroxylation is 1. The molecule has 0 aliphatic carbocycles. The van der Waals surface area contributed by atoms with Crippen LogP contribution >= 0.6 is 0 Å². The van der Waals surface area contributed by atoms with Gasteiger partial charge in [0.25, 0.3) is 5.91 Å². The molecule has 0 spiro atoms. The summed E-state index contributed by atoms with van der Waals surface area (Å²) in [4.78, 5) is 27.2. The van der Waals surface area contributed by atoms with Crippen LogP contribution in [0.1, 0.15) is 183 Å². The number of piperazine rings is 1. The summed E-state index contributed by atoms with van der Waals surface area (Å²) in [6, 6.07) is 40.5. The van der Waals surface area contributed by atoms with E-state index in [0.29, 0.717) is 6.04 Å². The van der Waals surface area contributed by atoms with E-state index in [1.54, 1.807) is 38.9 Å². The highest BCUT2D eigenvalue weighted by Crippen LogP contribution is 2.29. The zero-order valence-corrected chi connectivity index (χ0v) is 67.5. The number of benzene rings is 6. The third-order valence-electron chi connectivity index (χ3n) is 25.1. The average molecular weight is 1500 g/mol. The van der Waals surface area contributed by atoms with Gasteiger partial charge in [0.1, 0.15) is 12.4 Å². The Morgan fingerprint density at radius 1 is 0.436 bits per heavy atom. The topological polar surface area (TPSA) is 139 Å². The molecule has 12 aliphatic rings. The van der Waals surface area contributed by atoms with Crippen LogP contribution < -0.4 is 42.0 Å². The van der Waals surface area contributed by atoms with Crippen molar-refractivity contribution >= 4 is 12.0 Å². The van der Waals surface area contributed by atoms with Gasteiger partial charge in [0.15, 0.2) is 0 Å². The molecule has 6 aromatic carbocycles. The van der Waals surface area contributed by atoms with Crippen molar-refractivity contribution in [2.45, 2.75) is 187 Å². The number of likely N-dealkylation sites (tertiary alicyclic amines) is 3. The minimum atomic E-state index is 0.244. The number of carbonyl (C=O) groups is 1. The number of hydrogen-bond acceptors (Lipinski definition) is 15. The van der Waals surface area contributed by atoms with Crippen molar-refractivity contribution in [3.05, 3.63) is 210 Å². The first-order valence-corrected chi connectivity index (χ1v) is 43.8. The van der Waals surface area contributed by atoms with E-state index in [9.17, 15) is 4.79 Å². The number of piperidine rings is 4. The van der Waals surface area contributed by atoms with Crippen LogP contribution in [-0.2, 0) is 102 Å². The van der Waals surface area contributed by atoms with Crippen molar-refractivity contribution in [1.29, 1.82) is 0 Å². The maximum atomic E-state index is 12.6. The fraction of sp³-hybridized carbons (Fsp3) is 0.585. The highest BCUT2D eigenvalue weighted by atomic mass is 16.5. The number of morpholine rings is 1. The number of nitrogens with one attached hydrogen (secondary N) is 7. The van der Waals surface area contributed by atoms with Crippen molar-refractivity contribution in [3.8, 4) is 5.75 Å². The van der Waals surface area contributed by atoms with Gasteiger partial charge in [-0.05, 0) is 302 Å². The molecule has 1 unspecified atom stereocenters. The van der Waals surface area contributed by atoms with E-state index in [2.05, 4.69) is 178 Å². The molecule has 6 fully saturated rings. The molecular formula is C94H137N13O3. The molecule has 0 bridgehead atoms. The highest BCUT2D eigenvalue weighted by Gasteiger charge is 2.26. The van der Waals surface area contributed by atoms with Gasteiger partial charge in [0.05, 0.1) is 13.2 Å². The summed E-state index contributed by atoms with van der Waals surface area (Å²) in [5, 5.41) is 24.2. The van der Waals surface area contributed by atoms with E-state index in [1.807, 2.05) is 17.0 Å². The lowest BCUT2D eigenvalue weighted by Crippen LogP contribution is -2.44. The number of carbonyl (C=O) groups excluding carboxylic acids is 1. The van der Waals surface area contributed by atoms with Gasteiger partial charge in [-0.3, -0.25) is 24.4 Å². The number of fused-ring (bicyclic) bond motifs is 6. The van der Waals surface area contributed by atoms with E-state index in [0.717, 1.165) is 181 Å². The van der Waals surface area contributed by atoms with Crippen LogP contribution in [0.5, 0.6) is 5.75 Å². The van der Waals surface area contributed by atoms with Crippen molar-refractivity contribution < 1.29 is 14.3 Å². The van der Waals surface area contributed by atoms with Gasteiger partial charge in [-0.25, -0.2) is 0 Å². The van der Waals surface area contributed by atoms with Gasteiger partial charge in [-0.2, -0.15) is 0 Å². The smallest absolute Gasteiger partial charge is 0.254 e. The first kappa shape index (κ1) is 81.8. The summed E-state index contributed by atoms with van der Waals surface area (Å²) in [6.45, 7) is 35.0. The van der Waals surface area contributed by atoms with Crippen LogP contribution in [-0.4, -0.2) is 212 Å². The fourth-order valence-corrected chi connectivity index (χ4v) is 18.6. The molecule has 0 saturated carbocycles. The van der Waals surface area contributed by atoms with Gasteiger partial charge in [-0.15, -0.1) is 0 Å². The van der Waals surface area contributed by atoms with Crippen molar-refractivity contribution in [2.24, 2.45) is 0 Å².